The van der Waals surface area contributed by atoms with Crippen molar-refractivity contribution in [1.29, 1.82) is 0 Å². The normalized spacial score (nSPS) is 17.2. The van der Waals surface area contributed by atoms with Crippen LogP contribution in [0.5, 0.6) is 5.75 Å². The van der Waals surface area contributed by atoms with Crippen LogP contribution in [0.2, 0.25) is 0 Å². The predicted molar refractivity (Wildman–Crippen MR) is 94.2 cm³/mol. The standard InChI is InChI=1S/C15H22N2O3.C3H8/c1-3-6-20-13-5-4-11-7-12(10-18)16-15(19)9-17(2)14(11)8-13;1-3-2/h4-5,8,12,18H,3,6-7,9-10H2,1-2H3,(H,16,19);3H2,1-2H3. The van der Waals surface area contributed by atoms with Crippen LogP contribution in [-0.2, 0) is 11.2 Å². The van der Waals surface area contributed by atoms with Gasteiger partial charge in [-0.25, -0.2) is 0 Å². The van der Waals surface area contributed by atoms with E-state index >= 15 is 0 Å². The molecule has 1 amide bonds. The lowest BCUT2D eigenvalue weighted by Crippen LogP contribution is -2.46. The number of hydrogen-bond acceptors (Lipinski definition) is 4. The fourth-order valence-electron chi connectivity index (χ4n) is 2.38. The van der Waals surface area contributed by atoms with Gasteiger partial charge in [-0.05, 0) is 24.5 Å². The molecule has 2 rings (SSSR count). The number of aliphatic hydroxyl groups is 1. The Labute approximate surface area is 139 Å². The molecule has 5 nitrogen and oxygen atoms in total. The largest absolute Gasteiger partial charge is 0.494 e. The van der Waals surface area contributed by atoms with Crippen molar-refractivity contribution >= 4 is 11.6 Å². The lowest BCUT2D eigenvalue weighted by atomic mass is 10.0. The minimum atomic E-state index is -0.225. The van der Waals surface area contributed by atoms with Crippen molar-refractivity contribution in [3.8, 4) is 5.75 Å². The third-order valence-electron chi connectivity index (χ3n) is 3.37. The summed E-state index contributed by atoms with van der Waals surface area (Å²) >= 11 is 0. The van der Waals surface area contributed by atoms with Gasteiger partial charge in [-0.1, -0.05) is 33.3 Å². The number of amides is 1. The number of nitrogens with one attached hydrogen (secondary N) is 1. The summed E-state index contributed by atoms with van der Waals surface area (Å²) in [5.74, 6) is 0.746. The first kappa shape index (κ1) is 19.3. The van der Waals surface area contributed by atoms with Gasteiger partial charge in [-0.3, -0.25) is 4.79 Å². The van der Waals surface area contributed by atoms with Gasteiger partial charge in [0.25, 0.3) is 0 Å². The molecule has 1 heterocycles. The van der Waals surface area contributed by atoms with Crippen molar-refractivity contribution in [2.24, 2.45) is 0 Å². The first-order valence-corrected chi connectivity index (χ1v) is 8.42. The fraction of sp³-hybridized carbons (Fsp3) is 0.611. The van der Waals surface area contributed by atoms with E-state index < -0.39 is 0 Å². The van der Waals surface area contributed by atoms with Crippen LogP contribution in [0, 0.1) is 0 Å². The number of rotatable bonds is 4. The van der Waals surface area contributed by atoms with E-state index in [1.807, 2.05) is 30.1 Å². The van der Waals surface area contributed by atoms with Gasteiger partial charge in [0.15, 0.2) is 0 Å². The summed E-state index contributed by atoms with van der Waals surface area (Å²) in [5, 5.41) is 12.2. The molecule has 1 atom stereocenters. The molecule has 0 aliphatic carbocycles. The Balaban J connectivity index is 0.000000816. The first-order chi connectivity index (χ1) is 11.0. The average Bonchev–Trinajstić information content (AvgIpc) is 2.52. The second-order valence-electron chi connectivity index (χ2n) is 5.85. The molecule has 2 N–H and O–H groups in total. The van der Waals surface area contributed by atoms with E-state index in [1.54, 1.807) is 0 Å². The summed E-state index contributed by atoms with van der Waals surface area (Å²) in [4.78, 5) is 13.7. The smallest absolute Gasteiger partial charge is 0.239 e. The summed E-state index contributed by atoms with van der Waals surface area (Å²) in [6, 6.07) is 5.70. The van der Waals surface area contributed by atoms with Gasteiger partial charge >= 0.3 is 0 Å². The van der Waals surface area contributed by atoms with E-state index in [0.29, 0.717) is 13.0 Å². The van der Waals surface area contributed by atoms with Crippen LogP contribution in [0.4, 0.5) is 5.69 Å². The molecule has 1 aromatic rings. The average molecular weight is 322 g/mol. The van der Waals surface area contributed by atoms with E-state index in [0.717, 1.165) is 23.4 Å². The van der Waals surface area contributed by atoms with Crippen molar-refractivity contribution in [2.75, 3.05) is 31.7 Å². The van der Waals surface area contributed by atoms with E-state index in [4.69, 9.17) is 4.74 Å². The molecule has 0 radical (unpaired) electrons. The topological polar surface area (TPSA) is 61.8 Å². The predicted octanol–water partition coefficient (Wildman–Crippen LogP) is 2.36. The molecule has 1 aromatic carbocycles. The van der Waals surface area contributed by atoms with Crippen LogP contribution in [0.15, 0.2) is 18.2 Å². The maximum Gasteiger partial charge on any atom is 0.239 e. The summed E-state index contributed by atoms with van der Waals surface area (Å²) in [7, 11) is 1.89. The number of carbonyl (C=O) groups is 1. The van der Waals surface area contributed by atoms with Gasteiger partial charge in [0.2, 0.25) is 5.91 Å². The molecule has 0 spiro atoms. The molecule has 0 fully saturated rings. The second kappa shape index (κ2) is 10.1. The third kappa shape index (κ3) is 6.10. The summed E-state index contributed by atoms with van der Waals surface area (Å²) in [6.45, 7) is 7.22. The Morgan fingerprint density at radius 3 is 2.65 bits per heavy atom. The minimum Gasteiger partial charge on any atom is -0.494 e. The van der Waals surface area contributed by atoms with Crippen LogP contribution in [0.3, 0.4) is 0 Å². The maximum absolute atomic E-state index is 11.8. The van der Waals surface area contributed by atoms with Crippen LogP contribution in [0.25, 0.3) is 0 Å². The molecule has 1 aliphatic rings. The Morgan fingerprint density at radius 2 is 2.04 bits per heavy atom. The Hall–Kier alpha value is -1.75. The zero-order valence-corrected chi connectivity index (χ0v) is 14.8. The first-order valence-electron chi connectivity index (χ1n) is 8.42. The van der Waals surface area contributed by atoms with Gasteiger partial charge in [-0.2, -0.15) is 0 Å². The van der Waals surface area contributed by atoms with Crippen molar-refractivity contribution in [1.82, 2.24) is 5.32 Å². The van der Waals surface area contributed by atoms with Gasteiger partial charge in [0, 0.05) is 18.8 Å². The molecule has 1 aliphatic heterocycles. The molecule has 0 aromatic heterocycles. The van der Waals surface area contributed by atoms with Crippen LogP contribution in [-0.4, -0.2) is 43.9 Å². The van der Waals surface area contributed by atoms with Gasteiger partial charge in [0.05, 0.1) is 25.8 Å². The number of nitrogens with zero attached hydrogens (tertiary/aromatic N) is 1. The lowest BCUT2D eigenvalue weighted by molar-refractivity contribution is -0.120. The highest BCUT2D eigenvalue weighted by molar-refractivity contribution is 5.82. The molecule has 1 unspecified atom stereocenters. The summed E-state index contributed by atoms with van der Waals surface area (Å²) < 4.78 is 5.65. The molecular weight excluding hydrogens is 292 g/mol. The van der Waals surface area contributed by atoms with E-state index in [9.17, 15) is 9.90 Å². The quantitative estimate of drug-likeness (QED) is 0.893. The molecule has 23 heavy (non-hydrogen) atoms. The van der Waals surface area contributed by atoms with Crippen molar-refractivity contribution < 1.29 is 14.6 Å². The van der Waals surface area contributed by atoms with Gasteiger partial charge in [-0.15, -0.1) is 0 Å². The Morgan fingerprint density at radius 1 is 1.35 bits per heavy atom. The Kier molecular flexibility index (Phi) is 8.48. The van der Waals surface area contributed by atoms with Crippen LogP contribution >= 0.6 is 0 Å². The lowest BCUT2D eigenvalue weighted by Gasteiger charge is -2.28. The molecule has 0 saturated carbocycles. The monoisotopic (exact) mass is 322 g/mol. The fourth-order valence-corrected chi connectivity index (χ4v) is 2.38. The number of likely N-dealkylation sites (N-methyl/N-ethyl adjacent to an activating group) is 1. The summed E-state index contributed by atoms with van der Waals surface area (Å²) in [6.07, 6.45) is 2.83. The number of ether oxygens (including phenoxy) is 1. The van der Waals surface area contributed by atoms with Crippen molar-refractivity contribution in [2.45, 2.75) is 46.1 Å². The molecule has 0 bridgehead atoms. The number of hydrogen-bond donors (Lipinski definition) is 2. The molecule has 0 saturated heterocycles. The van der Waals surface area contributed by atoms with E-state index in [-0.39, 0.29) is 25.1 Å². The zero-order valence-electron chi connectivity index (χ0n) is 14.8. The molecule has 5 heteroatoms. The van der Waals surface area contributed by atoms with Crippen LogP contribution < -0.4 is 15.0 Å². The SMILES string of the molecule is CCC.CCCOc1ccc2c(c1)N(C)CC(=O)NC(CO)C2. The molecule has 130 valence electrons. The number of carbonyl (C=O) groups excluding carboxylic acids is 1. The Bertz CT molecular complexity index is 491. The number of aliphatic hydroxyl groups excluding tert-OH is 1. The van der Waals surface area contributed by atoms with Gasteiger partial charge < -0.3 is 20.1 Å². The number of anilines is 1. The van der Waals surface area contributed by atoms with Crippen molar-refractivity contribution in [3.05, 3.63) is 23.8 Å². The molecular formula is C18H30N2O3. The zero-order chi connectivity index (χ0) is 17.2. The summed E-state index contributed by atoms with van der Waals surface area (Å²) in [5.41, 5.74) is 2.10. The second-order valence-corrected chi connectivity index (χ2v) is 5.85. The highest BCUT2D eigenvalue weighted by Gasteiger charge is 2.21. The third-order valence-corrected chi connectivity index (χ3v) is 3.37. The van der Waals surface area contributed by atoms with Gasteiger partial charge in [0.1, 0.15) is 5.75 Å². The minimum absolute atomic E-state index is 0.0526. The number of fused-ring (bicyclic) bond motifs is 1. The maximum atomic E-state index is 11.8. The van der Waals surface area contributed by atoms with Crippen molar-refractivity contribution in [3.63, 3.8) is 0 Å². The van der Waals surface area contributed by atoms with Crippen LogP contribution in [0.1, 0.15) is 39.2 Å². The van der Waals surface area contributed by atoms with E-state index in [2.05, 4.69) is 26.1 Å². The number of benzene rings is 1. The highest BCUT2D eigenvalue weighted by Crippen LogP contribution is 2.27. The van der Waals surface area contributed by atoms with E-state index in [1.165, 1.54) is 6.42 Å². The highest BCUT2D eigenvalue weighted by atomic mass is 16.5.